The predicted molar refractivity (Wildman–Crippen MR) is 132 cm³/mol. The number of hydrogen-bond acceptors (Lipinski definition) is 4. The highest BCUT2D eigenvalue weighted by Crippen LogP contribution is 2.19. The average molecular weight is 472 g/mol. The van der Waals surface area contributed by atoms with Crippen LogP contribution in [0.1, 0.15) is 23.4 Å². The lowest BCUT2D eigenvalue weighted by Crippen LogP contribution is -2.25. The number of aromatic nitrogens is 4. The van der Waals surface area contributed by atoms with Crippen molar-refractivity contribution in [2.24, 2.45) is 0 Å². The zero-order valence-electron chi connectivity index (χ0n) is 18.3. The number of aryl methyl sites for hydroxylation is 1. The van der Waals surface area contributed by atoms with Gasteiger partial charge in [-0.25, -0.2) is 0 Å². The van der Waals surface area contributed by atoms with Crippen LogP contribution in [0.15, 0.2) is 83.7 Å². The highest BCUT2D eigenvalue weighted by atomic mass is 35.5. The molecule has 34 heavy (non-hydrogen) atoms. The van der Waals surface area contributed by atoms with Crippen molar-refractivity contribution in [1.82, 2.24) is 24.5 Å². The second-order valence-corrected chi connectivity index (χ2v) is 8.42. The SMILES string of the molecule is O=C(CCc1nnc2n(Cc3ccccc3Cl)c(=O)c3ccccc3n12)NCc1ccccc1. The number of nitrogens with one attached hydrogen (secondary N) is 1. The van der Waals surface area contributed by atoms with Crippen LogP contribution < -0.4 is 10.9 Å². The molecule has 0 aliphatic heterocycles. The monoisotopic (exact) mass is 471 g/mol. The molecule has 0 saturated heterocycles. The van der Waals surface area contributed by atoms with Crippen molar-refractivity contribution in [1.29, 1.82) is 0 Å². The normalized spacial score (nSPS) is 11.2. The number of rotatable bonds is 7. The second kappa shape index (κ2) is 9.49. The molecule has 0 aliphatic rings. The molecule has 1 amide bonds. The molecule has 0 aliphatic carbocycles. The van der Waals surface area contributed by atoms with E-state index in [-0.39, 0.29) is 24.4 Å². The van der Waals surface area contributed by atoms with E-state index in [9.17, 15) is 9.59 Å². The Hall–Kier alpha value is -3.97. The van der Waals surface area contributed by atoms with Crippen molar-refractivity contribution in [3.05, 3.63) is 111 Å². The van der Waals surface area contributed by atoms with Crippen LogP contribution in [0.2, 0.25) is 5.02 Å². The Morgan fingerprint density at radius 1 is 0.912 bits per heavy atom. The van der Waals surface area contributed by atoms with Crippen LogP contribution in [0.5, 0.6) is 0 Å². The van der Waals surface area contributed by atoms with Crippen molar-refractivity contribution < 1.29 is 4.79 Å². The molecule has 5 rings (SSSR count). The Balaban J connectivity index is 1.47. The molecule has 7 nitrogen and oxygen atoms in total. The van der Waals surface area contributed by atoms with E-state index in [1.165, 1.54) is 0 Å². The maximum atomic E-state index is 13.3. The van der Waals surface area contributed by atoms with E-state index in [1.807, 2.05) is 71.1 Å². The number of benzene rings is 3. The van der Waals surface area contributed by atoms with Crippen molar-refractivity contribution in [3.8, 4) is 0 Å². The van der Waals surface area contributed by atoms with Crippen molar-refractivity contribution in [2.75, 3.05) is 0 Å². The number of carbonyl (C=O) groups is 1. The first-order valence-electron chi connectivity index (χ1n) is 11.0. The largest absolute Gasteiger partial charge is 0.352 e. The van der Waals surface area contributed by atoms with E-state index in [0.29, 0.717) is 40.5 Å². The molecule has 0 bridgehead atoms. The van der Waals surface area contributed by atoms with Gasteiger partial charge in [0.15, 0.2) is 0 Å². The summed E-state index contributed by atoms with van der Waals surface area (Å²) < 4.78 is 3.44. The summed E-state index contributed by atoms with van der Waals surface area (Å²) >= 11 is 6.36. The minimum Gasteiger partial charge on any atom is -0.352 e. The lowest BCUT2D eigenvalue weighted by atomic mass is 10.2. The van der Waals surface area contributed by atoms with E-state index in [1.54, 1.807) is 16.7 Å². The molecular weight excluding hydrogens is 450 g/mol. The molecule has 0 unspecified atom stereocenters. The fraction of sp³-hybridized carbons (Fsp3) is 0.154. The molecule has 3 aromatic carbocycles. The van der Waals surface area contributed by atoms with Gasteiger partial charge in [-0.3, -0.25) is 18.6 Å². The van der Waals surface area contributed by atoms with Crippen LogP contribution in [0.25, 0.3) is 16.7 Å². The molecule has 0 spiro atoms. The van der Waals surface area contributed by atoms with Crippen LogP contribution in [0.3, 0.4) is 0 Å². The quantitative estimate of drug-likeness (QED) is 0.389. The van der Waals surface area contributed by atoms with E-state index in [0.717, 1.165) is 11.1 Å². The van der Waals surface area contributed by atoms with Gasteiger partial charge in [0.1, 0.15) is 5.82 Å². The molecule has 5 aromatic rings. The number of hydrogen-bond donors (Lipinski definition) is 1. The summed E-state index contributed by atoms with van der Waals surface area (Å²) in [4.78, 5) is 25.8. The number of fused-ring (bicyclic) bond motifs is 3. The predicted octanol–water partition coefficient (Wildman–Crippen LogP) is 3.99. The molecule has 1 N–H and O–H groups in total. The minimum absolute atomic E-state index is 0.0747. The van der Waals surface area contributed by atoms with Gasteiger partial charge in [0.25, 0.3) is 5.56 Å². The van der Waals surface area contributed by atoms with E-state index < -0.39 is 0 Å². The number of halogens is 1. The van der Waals surface area contributed by atoms with Gasteiger partial charge in [-0.1, -0.05) is 72.3 Å². The zero-order valence-corrected chi connectivity index (χ0v) is 19.1. The van der Waals surface area contributed by atoms with Gasteiger partial charge in [-0.05, 0) is 29.3 Å². The zero-order chi connectivity index (χ0) is 23.5. The van der Waals surface area contributed by atoms with Crippen LogP contribution >= 0.6 is 11.6 Å². The van der Waals surface area contributed by atoms with Gasteiger partial charge in [0.2, 0.25) is 11.7 Å². The summed E-state index contributed by atoms with van der Waals surface area (Å²) in [5, 5.41) is 12.7. The molecule has 0 radical (unpaired) electrons. The standard InChI is InChI=1S/C26H22ClN5O2/c27-21-12-6-4-10-19(21)17-31-25(34)20-11-5-7-13-22(20)32-23(29-30-26(31)32)14-15-24(33)28-16-18-8-2-1-3-9-18/h1-13H,14-17H2,(H,28,33). The van der Waals surface area contributed by atoms with Gasteiger partial charge in [0.05, 0.1) is 17.4 Å². The molecule has 0 atom stereocenters. The van der Waals surface area contributed by atoms with Crippen molar-refractivity contribution in [3.63, 3.8) is 0 Å². The lowest BCUT2D eigenvalue weighted by molar-refractivity contribution is -0.121. The minimum atomic E-state index is -0.164. The smallest absolute Gasteiger partial charge is 0.263 e. The maximum Gasteiger partial charge on any atom is 0.263 e. The summed E-state index contributed by atoms with van der Waals surface area (Å²) in [6, 6.07) is 24.5. The van der Waals surface area contributed by atoms with Gasteiger partial charge in [0, 0.05) is 24.4 Å². The number of carbonyl (C=O) groups excluding carboxylic acids is 1. The Morgan fingerprint density at radius 3 is 2.47 bits per heavy atom. The fourth-order valence-electron chi connectivity index (χ4n) is 4.03. The molecular formula is C26H22ClN5O2. The number of nitrogens with zero attached hydrogens (tertiary/aromatic N) is 4. The molecule has 2 aromatic heterocycles. The first kappa shape index (κ1) is 21.9. The van der Waals surface area contributed by atoms with E-state index in [4.69, 9.17) is 11.6 Å². The molecule has 0 fully saturated rings. The molecule has 8 heteroatoms. The Bertz CT molecular complexity index is 1540. The van der Waals surface area contributed by atoms with Crippen LogP contribution in [0, 0.1) is 0 Å². The molecule has 2 heterocycles. The highest BCUT2D eigenvalue weighted by molar-refractivity contribution is 6.31. The highest BCUT2D eigenvalue weighted by Gasteiger charge is 2.18. The van der Waals surface area contributed by atoms with E-state index in [2.05, 4.69) is 15.5 Å². The van der Waals surface area contributed by atoms with Gasteiger partial charge >= 0.3 is 0 Å². The van der Waals surface area contributed by atoms with Gasteiger partial charge in [-0.15, -0.1) is 10.2 Å². The van der Waals surface area contributed by atoms with Gasteiger partial charge in [-0.2, -0.15) is 0 Å². The third-order valence-corrected chi connectivity index (χ3v) is 6.14. The molecule has 170 valence electrons. The third-order valence-electron chi connectivity index (χ3n) is 5.77. The number of amides is 1. The lowest BCUT2D eigenvalue weighted by Gasteiger charge is -2.12. The fourth-order valence-corrected chi connectivity index (χ4v) is 4.22. The average Bonchev–Trinajstić information content (AvgIpc) is 3.30. The van der Waals surface area contributed by atoms with Crippen molar-refractivity contribution in [2.45, 2.75) is 25.9 Å². The maximum absolute atomic E-state index is 13.3. The van der Waals surface area contributed by atoms with E-state index >= 15 is 0 Å². The van der Waals surface area contributed by atoms with Gasteiger partial charge < -0.3 is 5.32 Å². The van der Waals surface area contributed by atoms with Crippen LogP contribution in [-0.2, 0) is 24.3 Å². The third kappa shape index (κ3) is 4.30. The van der Waals surface area contributed by atoms with Crippen LogP contribution in [-0.4, -0.2) is 25.1 Å². The first-order valence-corrected chi connectivity index (χ1v) is 11.4. The Morgan fingerprint density at radius 2 is 1.65 bits per heavy atom. The molecule has 0 saturated carbocycles. The topological polar surface area (TPSA) is 81.3 Å². The number of para-hydroxylation sites is 1. The summed E-state index contributed by atoms with van der Waals surface area (Å²) in [6.45, 7) is 0.739. The summed E-state index contributed by atoms with van der Waals surface area (Å²) in [5.74, 6) is 0.964. The Labute approximate surface area is 200 Å². The van der Waals surface area contributed by atoms with Crippen LogP contribution in [0.4, 0.5) is 0 Å². The summed E-state index contributed by atoms with van der Waals surface area (Å²) in [6.07, 6.45) is 0.641. The second-order valence-electron chi connectivity index (χ2n) is 8.01. The summed E-state index contributed by atoms with van der Waals surface area (Å²) in [7, 11) is 0. The first-order chi connectivity index (χ1) is 16.6. The Kier molecular flexibility index (Phi) is 6.10. The van der Waals surface area contributed by atoms with Crippen molar-refractivity contribution >= 4 is 34.2 Å². The summed E-state index contributed by atoms with van der Waals surface area (Å²) in [5.41, 5.74) is 2.40.